The predicted molar refractivity (Wildman–Crippen MR) is 181 cm³/mol. The van der Waals surface area contributed by atoms with E-state index in [9.17, 15) is 0 Å². The van der Waals surface area contributed by atoms with Crippen molar-refractivity contribution in [3.05, 3.63) is 129 Å². The van der Waals surface area contributed by atoms with Gasteiger partial charge < -0.3 is 0 Å². The molecule has 0 aromatic heterocycles. The Morgan fingerprint density at radius 2 is 1.05 bits per heavy atom. The zero-order chi connectivity index (χ0) is 29.7. The lowest BCUT2D eigenvalue weighted by atomic mass is 9.89. The van der Waals surface area contributed by atoms with Crippen molar-refractivity contribution in [2.45, 2.75) is 80.1 Å². The topological polar surface area (TPSA) is 0 Å². The number of hydrogen-bond donors (Lipinski definition) is 0. The minimum Gasteiger partial charge on any atom is -0.0989 e. The number of benzene rings is 4. The van der Waals surface area contributed by atoms with Gasteiger partial charge in [0.05, 0.1) is 0 Å². The monoisotopic (exact) mass is 552 g/mol. The summed E-state index contributed by atoms with van der Waals surface area (Å²) in [6.45, 7) is 20.4. The summed E-state index contributed by atoms with van der Waals surface area (Å²) in [6.07, 6.45) is 0. The average molecular weight is 553 g/mol. The minimum absolute atomic E-state index is 0.348. The van der Waals surface area contributed by atoms with Gasteiger partial charge in [0.2, 0.25) is 0 Å². The average Bonchev–Trinajstić information content (AvgIpc) is 2.96. The summed E-state index contributed by atoms with van der Waals surface area (Å²) in [5, 5.41) is 2.63. The maximum absolute atomic E-state index is 3.99. The lowest BCUT2D eigenvalue weighted by Gasteiger charge is -2.31. The SMILES string of the molecule is Cc1cc(C)c(C#C[Si](C#Cc2ccccc2)(c2ccccc2)c2c(C(C)C)cc(C(C)C)cc2C(C)C)cc1C. The maximum atomic E-state index is 3.99. The Labute approximate surface area is 250 Å². The molecule has 208 valence electrons. The molecule has 0 bridgehead atoms. The van der Waals surface area contributed by atoms with Gasteiger partial charge in [-0.15, -0.1) is 0 Å². The molecule has 0 fully saturated rings. The summed E-state index contributed by atoms with van der Waals surface area (Å²) in [6, 6.07) is 30.7. The first-order chi connectivity index (χ1) is 19.5. The Morgan fingerprint density at radius 3 is 1.59 bits per heavy atom. The first-order valence-corrected chi connectivity index (χ1v) is 17.0. The molecule has 0 heterocycles. The van der Waals surface area contributed by atoms with Crippen LogP contribution in [0.1, 0.15) is 104 Å². The van der Waals surface area contributed by atoms with Gasteiger partial charge in [0.15, 0.2) is 0 Å². The molecule has 0 spiro atoms. The molecule has 0 aliphatic heterocycles. The summed E-state index contributed by atoms with van der Waals surface area (Å²) < 4.78 is 0. The fourth-order valence-electron chi connectivity index (χ4n) is 5.47. The van der Waals surface area contributed by atoms with Crippen molar-refractivity contribution < 1.29 is 0 Å². The van der Waals surface area contributed by atoms with Crippen molar-refractivity contribution in [3.63, 3.8) is 0 Å². The van der Waals surface area contributed by atoms with E-state index in [-0.39, 0.29) is 0 Å². The molecule has 0 radical (unpaired) electrons. The fraction of sp³-hybridized carbons (Fsp3) is 0.300. The van der Waals surface area contributed by atoms with Crippen molar-refractivity contribution in [1.29, 1.82) is 0 Å². The van der Waals surface area contributed by atoms with E-state index in [0.29, 0.717) is 17.8 Å². The first-order valence-electron chi connectivity index (χ1n) is 15.0. The molecule has 0 amide bonds. The van der Waals surface area contributed by atoms with Crippen molar-refractivity contribution in [2.24, 2.45) is 0 Å². The molecule has 41 heavy (non-hydrogen) atoms. The molecule has 4 rings (SSSR count). The van der Waals surface area contributed by atoms with Gasteiger partial charge in [-0.3, -0.25) is 0 Å². The van der Waals surface area contributed by atoms with E-state index in [1.165, 1.54) is 43.8 Å². The lowest BCUT2D eigenvalue weighted by molar-refractivity contribution is 0.812. The second-order valence-corrected chi connectivity index (χ2v) is 15.3. The standard InChI is InChI=1S/C40H44Si/c1-28(2)36-26-38(29(3)4)40(39(27-36)30(5)6)41(37-18-14-11-15-19-37,22-20-34-16-12-10-13-17-34)23-21-35-25-32(8)31(7)24-33(35)9/h10-19,24-30H,1-9H3. The fourth-order valence-corrected chi connectivity index (χ4v) is 9.29. The van der Waals surface area contributed by atoms with Gasteiger partial charge in [0, 0.05) is 11.1 Å². The maximum Gasteiger partial charge on any atom is 0.277 e. The van der Waals surface area contributed by atoms with Crippen LogP contribution in [0, 0.1) is 43.7 Å². The predicted octanol–water partition coefficient (Wildman–Crippen LogP) is 8.73. The molecule has 0 aliphatic rings. The Kier molecular flexibility index (Phi) is 9.43. The molecule has 0 aliphatic carbocycles. The van der Waals surface area contributed by atoms with Crippen LogP contribution in [0.3, 0.4) is 0 Å². The van der Waals surface area contributed by atoms with Crippen molar-refractivity contribution in [3.8, 4) is 22.9 Å². The molecule has 0 saturated carbocycles. The van der Waals surface area contributed by atoms with Gasteiger partial charge in [-0.1, -0.05) is 131 Å². The van der Waals surface area contributed by atoms with Crippen molar-refractivity contribution in [1.82, 2.24) is 0 Å². The molecule has 4 aromatic carbocycles. The third-order valence-corrected chi connectivity index (χ3v) is 11.6. The normalized spacial score (nSPS) is 12.5. The Hall–Kier alpha value is -3.78. The molecule has 1 unspecified atom stereocenters. The quantitative estimate of drug-likeness (QED) is 0.172. The van der Waals surface area contributed by atoms with E-state index < -0.39 is 8.07 Å². The minimum atomic E-state index is -2.96. The highest BCUT2D eigenvalue weighted by molar-refractivity contribution is 7.14. The molecule has 0 N–H and O–H groups in total. The van der Waals surface area contributed by atoms with E-state index in [4.69, 9.17) is 0 Å². The van der Waals surface area contributed by atoms with Gasteiger partial charge in [-0.25, -0.2) is 0 Å². The molecular weight excluding hydrogens is 509 g/mol. The van der Waals surface area contributed by atoms with Crippen LogP contribution in [-0.2, 0) is 0 Å². The van der Waals surface area contributed by atoms with Crippen LogP contribution in [0.2, 0.25) is 0 Å². The smallest absolute Gasteiger partial charge is 0.0989 e. The second kappa shape index (κ2) is 12.8. The molecular formula is C40H44Si. The van der Waals surface area contributed by atoms with Crippen molar-refractivity contribution >= 4 is 18.4 Å². The van der Waals surface area contributed by atoms with E-state index in [0.717, 1.165) is 11.1 Å². The van der Waals surface area contributed by atoms with Gasteiger partial charge in [0.1, 0.15) is 0 Å². The summed E-state index contributed by atoms with van der Waals surface area (Å²) in [5.41, 5.74) is 18.0. The van der Waals surface area contributed by atoms with Crippen LogP contribution in [0.5, 0.6) is 0 Å². The summed E-state index contributed by atoms with van der Waals surface area (Å²) in [4.78, 5) is 0. The van der Waals surface area contributed by atoms with E-state index in [1.54, 1.807) is 0 Å². The Bertz CT molecular complexity index is 1600. The van der Waals surface area contributed by atoms with Crippen LogP contribution >= 0.6 is 0 Å². The summed E-state index contributed by atoms with van der Waals surface area (Å²) in [7, 11) is -2.96. The van der Waals surface area contributed by atoms with Gasteiger partial charge in [-0.05, 0) is 100 Å². The van der Waals surface area contributed by atoms with E-state index in [2.05, 4.69) is 164 Å². The van der Waals surface area contributed by atoms with Crippen LogP contribution in [-0.4, -0.2) is 8.07 Å². The number of rotatable bonds is 5. The largest absolute Gasteiger partial charge is 0.277 e. The molecule has 0 nitrogen and oxygen atoms in total. The van der Waals surface area contributed by atoms with Crippen LogP contribution in [0.25, 0.3) is 0 Å². The molecule has 0 saturated heterocycles. The van der Waals surface area contributed by atoms with Gasteiger partial charge in [-0.2, -0.15) is 0 Å². The molecule has 1 heteroatoms. The van der Waals surface area contributed by atoms with Crippen LogP contribution in [0.15, 0.2) is 84.9 Å². The number of hydrogen-bond acceptors (Lipinski definition) is 0. The van der Waals surface area contributed by atoms with Gasteiger partial charge >= 0.3 is 0 Å². The summed E-state index contributed by atoms with van der Waals surface area (Å²) in [5.74, 6) is 8.51. The zero-order valence-electron chi connectivity index (χ0n) is 26.3. The zero-order valence-corrected chi connectivity index (χ0v) is 27.3. The lowest BCUT2D eigenvalue weighted by Crippen LogP contribution is -2.60. The molecule has 4 aromatic rings. The van der Waals surface area contributed by atoms with Gasteiger partial charge in [0.25, 0.3) is 8.07 Å². The van der Waals surface area contributed by atoms with E-state index >= 15 is 0 Å². The highest BCUT2D eigenvalue weighted by Gasteiger charge is 2.40. The first kappa shape index (κ1) is 30.2. The summed E-state index contributed by atoms with van der Waals surface area (Å²) >= 11 is 0. The molecule has 1 atom stereocenters. The second-order valence-electron chi connectivity index (χ2n) is 12.3. The highest BCUT2D eigenvalue weighted by atomic mass is 28.3. The Balaban J connectivity index is 2.21. The van der Waals surface area contributed by atoms with Crippen molar-refractivity contribution in [2.75, 3.05) is 0 Å². The third kappa shape index (κ3) is 6.59. The Morgan fingerprint density at radius 1 is 0.537 bits per heavy atom. The van der Waals surface area contributed by atoms with Crippen LogP contribution < -0.4 is 10.4 Å². The third-order valence-electron chi connectivity index (χ3n) is 8.11. The number of aryl methyl sites for hydroxylation is 3. The van der Waals surface area contributed by atoms with Crippen LogP contribution in [0.4, 0.5) is 0 Å². The van der Waals surface area contributed by atoms with E-state index in [1.807, 2.05) is 6.07 Å². The highest BCUT2D eigenvalue weighted by Crippen LogP contribution is 2.29.